The van der Waals surface area contributed by atoms with Crippen LogP contribution < -0.4 is 5.56 Å². The number of aromatic nitrogens is 2. The number of ether oxygens (including phenoxy) is 1. The predicted molar refractivity (Wildman–Crippen MR) is 95.5 cm³/mol. The Hall–Kier alpha value is -2.31. The standard InChI is InChI=1S/C19H20FN3O2/c1-12(11-23-6-8-25-9-7-23)18-14-3-2-13(20)10-15(14)17-16(22-18)4-5-21-19(17)24/h2-5,10,12H,6-9,11H2,1H3,(H,21,24). The first-order valence-corrected chi connectivity index (χ1v) is 8.54. The Labute approximate surface area is 144 Å². The van der Waals surface area contributed by atoms with Gasteiger partial charge in [-0.2, -0.15) is 0 Å². The van der Waals surface area contributed by atoms with Gasteiger partial charge in [0, 0.05) is 42.5 Å². The van der Waals surface area contributed by atoms with Crippen LogP contribution in [0.15, 0.2) is 35.3 Å². The highest BCUT2D eigenvalue weighted by molar-refractivity contribution is 6.06. The van der Waals surface area contributed by atoms with Gasteiger partial charge in [0.2, 0.25) is 0 Å². The van der Waals surface area contributed by atoms with E-state index in [1.807, 2.05) is 0 Å². The number of H-pyrrole nitrogens is 1. The highest BCUT2D eigenvalue weighted by Gasteiger charge is 2.20. The summed E-state index contributed by atoms with van der Waals surface area (Å²) in [5, 5.41) is 1.90. The molecule has 130 valence electrons. The van der Waals surface area contributed by atoms with E-state index in [1.54, 1.807) is 18.3 Å². The summed E-state index contributed by atoms with van der Waals surface area (Å²) in [6.07, 6.45) is 1.58. The van der Waals surface area contributed by atoms with E-state index in [9.17, 15) is 9.18 Å². The molecule has 3 heterocycles. The number of rotatable bonds is 3. The third-order valence-electron chi connectivity index (χ3n) is 4.81. The van der Waals surface area contributed by atoms with Crippen molar-refractivity contribution in [2.75, 3.05) is 32.8 Å². The average molecular weight is 341 g/mol. The summed E-state index contributed by atoms with van der Waals surface area (Å²) in [7, 11) is 0. The topological polar surface area (TPSA) is 58.2 Å². The molecule has 1 N–H and O–H groups in total. The molecule has 0 saturated carbocycles. The summed E-state index contributed by atoms with van der Waals surface area (Å²) in [6.45, 7) is 6.30. The molecule has 1 aliphatic rings. The lowest BCUT2D eigenvalue weighted by molar-refractivity contribution is 0.0356. The Balaban J connectivity index is 1.86. The predicted octanol–water partition coefficient (Wildman–Crippen LogP) is 2.65. The summed E-state index contributed by atoms with van der Waals surface area (Å²) < 4.78 is 19.3. The van der Waals surface area contributed by atoms with Crippen molar-refractivity contribution in [3.05, 3.63) is 52.3 Å². The maximum absolute atomic E-state index is 13.8. The van der Waals surface area contributed by atoms with E-state index in [2.05, 4.69) is 16.8 Å². The maximum Gasteiger partial charge on any atom is 0.258 e. The lowest BCUT2D eigenvalue weighted by Crippen LogP contribution is -2.38. The summed E-state index contributed by atoms with van der Waals surface area (Å²) >= 11 is 0. The molecule has 0 amide bonds. The van der Waals surface area contributed by atoms with Gasteiger partial charge in [-0.1, -0.05) is 6.92 Å². The zero-order valence-electron chi connectivity index (χ0n) is 14.1. The molecule has 0 aliphatic carbocycles. The molecule has 5 nitrogen and oxygen atoms in total. The SMILES string of the molecule is CC(CN1CCOCC1)c1nc2cc[nH]c(=O)c2c2cc(F)ccc12. The summed E-state index contributed by atoms with van der Waals surface area (Å²) in [6, 6.07) is 6.36. The molecule has 2 aromatic heterocycles. The van der Waals surface area contributed by atoms with Gasteiger partial charge >= 0.3 is 0 Å². The van der Waals surface area contributed by atoms with Gasteiger partial charge in [0.05, 0.1) is 29.8 Å². The number of pyridine rings is 2. The number of morpholine rings is 1. The molecule has 6 heteroatoms. The number of hydrogen-bond acceptors (Lipinski definition) is 4. The molecular formula is C19H20FN3O2. The Morgan fingerprint density at radius 2 is 2.08 bits per heavy atom. The number of nitrogens with one attached hydrogen (secondary N) is 1. The average Bonchev–Trinajstić information content (AvgIpc) is 2.61. The van der Waals surface area contributed by atoms with Crippen LogP contribution in [0.5, 0.6) is 0 Å². The van der Waals surface area contributed by atoms with Crippen molar-refractivity contribution in [1.82, 2.24) is 14.9 Å². The minimum absolute atomic E-state index is 0.162. The summed E-state index contributed by atoms with van der Waals surface area (Å²) in [5.41, 5.74) is 1.26. The van der Waals surface area contributed by atoms with Gasteiger partial charge in [-0.05, 0) is 24.3 Å². The molecule has 0 radical (unpaired) electrons. The van der Waals surface area contributed by atoms with Crippen molar-refractivity contribution in [1.29, 1.82) is 0 Å². The van der Waals surface area contributed by atoms with Crippen molar-refractivity contribution in [2.24, 2.45) is 0 Å². The molecule has 1 unspecified atom stereocenters. The molecule has 1 saturated heterocycles. The zero-order chi connectivity index (χ0) is 17.4. The number of halogens is 1. The van der Waals surface area contributed by atoms with Gasteiger partial charge in [0.15, 0.2) is 0 Å². The van der Waals surface area contributed by atoms with Crippen LogP contribution in [0.4, 0.5) is 4.39 Å². The number of nitrogens with zero attached hydrogens (tertiary/aromatic N) is 2. The van der Waals surface area contributed by atoms with Crippen LogP contribution in [0.25, 0.3) is 21.7 Å². The fourth-order valence-corrected chi connectivity index (χ4v) is 3.59. The Morgan fingerprint density at radius 3 is 2.88 bits per heavy atom. The number of hydrogen-bond donors (Lipinski definition) is 1. The summed E-state index contributed by atoms with van der Waals surface area (Å²) in [5.74, 6) is -0.190. The van der Waals surface area contributed by atoms with Crippen LogP contribution in [0, 0.1) is 5.82 Å². The highest BCUT2D eigenvalue weighted by Crippen LogP contribution is 2.29. The zero-order valence-corrected chi connectivity index (χ0v) is 14.1. The molecule has 1 atom stereocenters. The third kappa shape index (κ3) is 3.03. The first-order chi connectivity index (χ1) is 12.1. The molecule has 1 aromatic carbocycles. The van der Waals surface area contributed by atoms with Crippen LogP contribution in [0.2, 0.25) is 0 Å². The molecule has 4 rings (SSSR count). The van der Waals surface area contributed by atoms with E-state index < -0.39 is 0 Å². The fourth-order valence-electron chi connectivity index (χ4n) is 3.59. The quantitative estimate of drug-likeness (QED) is 0.744. The van der Waals surface area contributed by atoms with E-state index in [1.165, 1.54) is 12.1 Å². The normalized spacial score (nSPS) is 17.2. The van der Waals surface area contributed by atoms with E-state index >= 15 is 0 Å². The van der Waals surface area contributed by atoms with Crippen molar-refractivity contribution < 1.29 is 9.13 Å². The molecule has 25 heavy (non-hydrogen) atoms. The lowest BCUT2D eigenvalue weighted by atomic mass is 9.97. The monoisotopic (exact) mass is 341 g/mol. The van der Waals surface area contributed by atoms with Crippen molar-refractivity contribution in [3.63, 3.8) is 0 Å². The molecule has 0 spiro atoms. The van der Waals surface area contributed by atoms with Gasteiger partial charge < -0.3 is 9.72 Å². The molecule has 1 aliphatic heterocycles. The molecule has 0 bridgehead atoms. The van der Waals surface area contributed by atoms with Gasteiger partial charge in [-0.15, -0.1) is 0 Å². The molecule has 3 aromatic rings. The largest absolute Gasteiger partial charge is 0.379 e. The second kappa shape index (κ2) is 6.54. The van der Waals surface area contributed by atoms with E-state index in [-0.39, 0.29) is 17.3 Å². The van der Waals surface area contributed by atoms with Gasteiger partial charge in [0.25, 0.3) is 5.56 Å². The third-order valence-corrected chi connectivity index (χ3v) is 4.81. The first-order valence-electron chi connectivity index (χ1n) is 8.54. The smallest absolute Gasteiger partial charge is 0.258 e. The van der Waals surface area contributed by atoms with E-state index in [0.29, 0.717) is 16.3 Å². The van der Waals surface area contributed by atoms with E-state index in [0.717, 1.165) is 43.9 Å². The van der Waals surface area contributed by atoms with Crippen LogP contribution in [-0.4, -0.2) is 47.7 Å². The Bertz CT molecular complexity index is 979. The fraction of sp³-hybridized carbons (Fsp3) is 0.368. The van der Waals surface area contributed by atoms with Crippen molar-refractivity contribution in [3.8, 4) is 0 Å². The van der Waals surface area contributed by atoms with Crippen molar-refractivity contribution >= 4 is 21.7 Å². The first kappa shape index (κ1) is 16.2. The number of aromatic amines is 1. The lowest BCUT2D eigenvalue weighted by Gasteiger charge is -2.29. The Morgan fingerprint density at radius 1 is 1.28 bits per heavy atom. The van der Waals surface area contributed by atoms with Crippen LogP contribution in [0.1, 0.15) is 18.5 Å². The molecule has 1 fully saturated rings. The summed E-state index contributed by atoms with van der Waals surface area (Å²) in [4.78, 5) is 22.0. The highest BCUT2D eigenvalue weighted by atomic mass is 19.1. The van der Waals surface area contributed by atoms with Crippen LogP contribution in [0.3, 0.4) is 0 Å². The molecular weight excluding hydrogens is 321 g/mol. The van der Waals surface area contributed by atoms with E-state index in [4.69, 9.17) is 9.72 Å². The van der Waals surface area contributed by atoms with Gasteiger partial charge in [-0.25, -0.2) is 4.39 Å². The minimum atomic E-state index is -0.352. The van der Waals surface area contributed by atoms with Gasteiger partial charge in [0.1, 0.15) is 5.82 Å². The van der Waals surface area contributed by atoms with Crippen LogP contribution >= 0.6 is 0 Å². The second-order valence-electron chi connectivity index (χ2n) is 6.57. The number of benzene rings is 1. The van der Waals surface area contributed by atoms with Crippen LogP contribution in [-0.2, 0) is 4.74 Å². The number of fused-ring (bicyclic) bond motifs is 3. The van der Waals surface area contributed by atoms with Gasteiger partial charge in [-0.3, -0.25) is 14.7 Å². The minimum Gasteiger partial charge on any atom is -0.379 e. The second-order valence-corrected chi connectivity index (χ2v) is 6.57. The Kier molecular flexibility index (Phi) is 4.23. The van der Waals surface area contributed by atoms with Crippen molar-refractivity contribution in [2.45, 2.75) is 12.8 Å². The maximum atomic E-state index is 13.8.